The van der Waals surface area contributed by atoms with Gasteiger partial charge in [0.25, 0.3) is 0 Å². The number of aliphatic hydroxyl groups excluding tert-OH is 5. The number of esters is 1. The van der Waals surface area contributed by atoms with Crippen molar-refractivity contribution in [3.63, 3.8) is 0 Å². The van der Waals surface area contributed by atoms with Crippen molar-refractivity contribution >= 4 is 13.8 Å². The summed E-state index contributed by atoms with van der Waals surface area (Å²) in [5.74, 6) is -0.481. The van der Waals surface area contributed by atoms with Crippen LogP contribution in [0.25, 0.3) is 0 Å². The summed E-state index contributed by atoms with van der Waals surface area (Å²) < 4.78 is 34.2. The Morgan fingerprint density at radius 1 is 0.559 bits per heavy atom. The van der Waals surface area contributed by atoms with Crippen LogP contribution in [-0.4, -0.2) is 98.9 Å². The lowest BCUT2D eigenvalue weighted by Gasteiger charge is -2.41. The highest BCUT2D eigenvalue weighted by molar-refractivity contribution is 7.47. The van der Waals surface area contributed by atoms with Gasteiger partial charge in [0, 0.05) is 13.0 Å². The van der Waals surface area contributed by atoms with Gasteiger partial charge in [0.15, 0.2) is 0 Å². The number of hydrogen-bond acceptors (Lipinski definition) is 11. The molecule has 346 valence electrons. The Bertz CT molecular complexity index is 1120. The van der Waals surface area contributed by atoms with Gasteiger partial charge in [-0.05, 0) is 44.9 Å². The molecular weight excluding hydrogens is 775 g/mol. The summed E-state index contributed by atoms with van der Waals surface area (Å²) in [5, 5.41) is 50.2. The van der Waals surface area contributed by atoms with Crippen LogP contribution in [0.3, 0.4) is 0 Å². The van der Waals surface area contributed by atoms with Crippen molar-refractivity contribution in [2.45, 2.75) is 230 Å². The molecule has 12 nitrogen and oxygen atoms in total. The van der Waals surface area contributed by atoms with Crippen molar-refractivity contribution in [1.29, 1.82) is 0 Å². The van der Waals surface area contributed by atoms with Gasteiger partial charge in [-0.3, -0.25) is 13.8 Å². The number of carbonyl (C=O) groups is 1. The first-order valence-corrected chi connectivity index (χ1v) is 24.8. The van der Waals surface area contributed by atoms with Crippen LogP contribution < -0.4 is 0 Å². The Morgan fingerprint density at radius 3 is 1.53 bits per heavy atom. The third-order valence-corrected chi connectivity index (χ3v) is 11.8. The Balaban J connectivity index is 2.39. The van der Waals surface area contributed by atoms with E-state index in [0.717, 1.165) is 83.5 Å². The van der Waals surface area contributed by atoms with Gasteiger partial charge in [-0.25, -0.2) is 4.57 Å². The Kier molecular flexibility index (Phi) is 35.0. The van der Waals surface area contributed by atoms with Crippen molar-refractivity contribution in [3.8, 4) is 0 Å². The highest BCUT2D eigenvalue weighted by atomic mass is 31.2. The number of aliphatic hydroxyl groups is 5. The predicted octanol–water partition coefficient (Wildman–Crippen LogP) is 9.48. The molecule has 0 heterocycles. The van der Waals surface area contributed by atoms with Crippen LogP contribution in [-0.2, 0) is 27.9 Å². The minimum atomic E-state index is -5.02. The molecule has 1 fully saturated rings. The molecule has 1 rings (SSSR count). The molecule has 0 radical (unpaired) electrons. The Labute approximate surface area is 357 Å². The normalized spacial score (nSPS) is 22.8. The number of allylic oxidation sites excluding steroid dienone is 6. The summed E-state index contributed by atoms with van der Waals surface area (Å²) >= 11 is 0. The summed E-state index contributed by atoms with van der Waals surface area (Å²) in [4.78, 5) is 23.2. The first-order valence-electron chi connectivity index (χ1n) is 23.3. The molecule has 0 aromatic heterocycles. The third kappa shape index (κ3) is 29.5. The number of phosphoric acid groups is 1. The molecule has 6 atom stereocenters. The van der Waals surface area contributed by atoms with Crippen molar-refractivity contribution in [3.05, 3.63) is 36.5 Å². The highest BCUT2D eigenvalue weighted by Gasteiger charge is 2.51. The van der Waals surface area contributed by atoms with Gasteiger partial charge in [0.1, 0.15) is 42.7 Å². The largest absolute Gasteiger partial charge is 0.472 e. The fourth-order valence-corrected chi connectivity index (χ4v) is 8.05. The van der Waals surface area contributed by atoms with Crippen LogP contribution >= 0.6 is 7.82 Å². The second-order valence-electron chi connectivity index (χ2n) is 16.2. The maximum absolute atomic E-state index is 12.8. The van der Waals surface area contributed by atoms with Gasteiger partial charge in [-0.2, -0.15) is 0 Å². The predicted molar refractivity (Wildman–Crippen MR) is 235 cm³/mol. The number of hydrogen-bond donors (Lipinski definition) is 6. The van der Waals surface area contributed by atoms with Gasteiger partial charge in [-0.15, -0.1) is 0 Å². The van der Waals surface area contributed by atoms with Crippen LogP contribution in [0.4, 0.5) is 0 Å². The number of ether oxygens (including phenoxy) is 2. The van der Waals surface area contributed by atoms with Crippen LogP contribution in [0.15, 0.2) is 36.5 Å². The number of carbonyl (C=O) groups excluding carboxylic acids is 1. The monoisotopic (exact) mass is 861 g/mol. The standard InChI is InChI=1S/C46H85O12P/c1-3-5-7-9-11-13-15-17-19-21-23-25-27-29-31-33-35-40(47)57-39(38-56-59(53,54)58-46-44(51)42(49)41(48)43(50)45(46)52)37-55-36-34-32-30-28-26-24-22-20-18-16-14-12-10-8-6-4-2/h6,8,12,14,18,20,39,41-46,48-52H,3-5,7,9-11,13,15-17,19,21-38H2,1-2H3,(H,53,54)/b8-6-,14-12-,20-18-. The average molecular weight is 861 g/mol. The van der Waals surface area contributed by atoms with E-state index in [1.807, 2.05) is 0 Å². The minimum absolute atomic E-state index is 0.0834. The summed E-state index contributed by atoms with van der Waals surface area (Å²) in [6, 6.07) is 0. The molecule has 1 aliphatic carbocycles. The molecule has 0 amide bonds. The lowest BCUT2D eigenvalue weighted by atomic mass is 9.85. The lowest BCUT2D eigenvalue weighted by Crippen LogP contribution is -2.64. The summed E-state index contributed by atoms with van der Waals surface area (Å²) in [6.45, 7) is 4.13. The number of phosphoric ester groups is 1. The summed E-state index contributed by atoms with van der Waals surface area (Å²) in [7, 11) is -5.02. The van der Waals surface area contributed by atoms with E-state index in [2.05, 4.69) is 50.3 Å². The van der Waals surface area contributed by atoms with Crippen molar-refractivity contribution in [1.82, 2.24) is 0 Å². The first-order chi connectivity index (χ1) is 28.5. The summed E-state index contributed by atoms with van der Waals surface area (Å²) in [5.41, 5.74) is 0. The van der Waals surface area contributed by atoms with E-state index in [1.54, 1.807) is 0 Å². The fourth-order valence-electron chi connectivity index (χ4n) is 7.08. The third-order valence-electron chi connectivity index (χ3n) is 10.8. The van der Waals surface area contributed by atoms with Gasteiger partial charge in [0.05, 0.1) is 13.2 Å². The van der Waals surface area contributed by atoms with E-state index < -0.39 is 63.1 Å². The van der Waals surface area contributed by atoms with Crippen molar-refractivity contribution < 1.29 is 58.3 Å². The second-order valence-corrected chi connectivity index (χ2v) is 17.6. The molecule has 0 aromatic rings. The van der Waals surface area contributed by atoms with E-state index >= 15 is 0 Å². The van der Waals surface area contributed by atoms with Gasteiger partial charge in [0.2, 0.25) is 0 Å². The van der Waals surface area contributed by atoms with Crippen LogP contribution in [0.5, 0.6) is 0 Å². The zero-order valence-corrected chi connectivity index (χ0v) is 37.7. The zero-order valence-electron chi connectivity index (χ0n) is 36.8. The maximum atomic E-state index is 12.8. The zero-order chi connectivity index (χ0) is 43.4. The molecule has 59 heavy (non-hydrogen) atoms. The Morgan fingerprint density at radius 2 is 1.00 bits per heavy atom. The van der Waals surface area contributed by atoms with Crippen LogP contribution in [0.1, 0.15) is 187 Å². The Hall–Kier alpha value is -1.44. The topological polar surface area (TPSA) is 192 Å². The molecule has 13 heteroatoms. The lowest BCUT2D eigenvalue weighted by molar-refractivity contribution is -0.220. The molecule has 6 N–H and O–H groups in total. The average Bonchev–Trinajstić information content (AvgIpc) is 3.22. The molecule has 6 unspecified atom stereocenters. The molecule has 0 aromatic carbocycles. The molecule has 0 spiro atoms. The van der Waals surface area contributed by atoms with Crippen LogP contribution in [0, 0.1) is 0 Å². The SMILES string of the molecule is CC/C=C\C/C=C\C/C=C\CCCCCCCCOCC(COP(=O)(O)OC1C(O)C(O)C(O)C(O)C1O)OC(=O)CCCCCCCCCCCCCCCCCC. The van der Waals surface area contributed by atoms with E-state index in [0.29, 0.717) is 13.0 Å². The van der Waals surface area contributed by atoms with Gasteiger partial charge in [-0.1, -0.05) is 172 Å². The van der Waals surface area contributed by atoms with E-state index in [4.69, 9.17) is 18.5 Å². The first kappa shape index (κ1) is 55.6. The quantitative estimate of drug-likeness (QED) is 0.0149. The van der Waals surface area contributed by atoms with E-state index in [9.17, 15) is 39.8 Å². The minimum Gasteiger partial charge on any atom is -0.457 e. The molecule has 0 saturated heterocycles. The number of unbranched alkanes of at least 4 members (excludes halogenated alkanes) is 21. The molecule has 1 aliphatic rings. The molecular formula is C46H85O12P. The number of rotatable bonds is 39. The smallest absolute Gasteiger partial charge is 0.457 e. The molecule has 0 bridgehead atoms. The fraction of sp³-hybridized carbons (Fsp3) is 0.848. The maximum Gasteiger partial charge on any atom is 0.472 e. The van der Waals surface area contributed by atoms with Crippen molar-refractivity contribution in [2.75, 3.05) is 19.8 Å². The van der Waals surface area contributed by atoms with E-state index in [-0.39, 0.29) is 13.0 Å². The van der Waals surface area contributed by atoms with E-state index in [1.165, 1.54) is 77.0 Å². The molecule has 1 saturated carbocycles. The second kappa shape index (κ2) is 37.1. The van der Waals surface area contributed by atoms with Crippen LogP contribution in [0.2, 0.25) is 0 Å². The van der Waals surface area contributed by atoms with Crippen molar-refractivity contribution in [2.24, 2.45) is 0 Å². The summed E-state index contributed by atoms with van der Waals surface area (Å²) in [6.07, 6.45) is 30.7. The highest BCUT2D eigenvalue weighted by Crippen LogP contribution is 2.47. The van der Waals surface area contributed by atoms with Gasteiger partial charge >= 0.3 is 13.8 Å². The molecule has 0 aliphatic heterocycles. The van der Waals surface area contributed by atoms with Gasteiger partial charge < -0.3 is 39.9 Å².